The Bertz CT molecular complexity index is 528. The summed E-state index contributed by atoms with van der Waals surface area (Å²) in [4.78, 5) is 14.9. The first-order chi connectivity index (χ1) is 11.2. The van der Waals surface area contributed by atoms with Crippen molar-refractivity contribution in [1.29, 1.82) is 0 Å². The number of nitrogens with two attached hydrogens (primary N) is 1. The average molecular weight is 315 g/mol. The minimum Gasteiger partial charge on any atom is -0.333 e. The molecule has 0 aromatic heterocycles. The van der Waals surface area contributed by atoms with Gasteiger partial charge in [0.2, 0.25) is 5.91 Å². The monoisotopic (exact) mass is 315 g/mol. The van der Waals surface area contributed by atoms with Gasteiger partial charge in [-0.1, -0.05) is 37.6 Å². The Morgan fingerprint density at radius 1 is 1.30 bits per heavy atom. The number of hydrogen-bond donors (Lipinski definition) is 2. The van der Waals surface area contributed by atoms with E-state index in [2.05, 4.69) is 41.4 Å². The van der Waals surface area contributed by atoms with Crippen molar-refractivity contribution in [2.75, 3.05) is 19.6 Å². The molecule has 2 aliphatic rings. The second-order valence-corrected chi connectivity index (χ2v) is 6.96. The minimum atomic E-state index is 0.153. The summed E-state index contributed by atoms with van der Waals surface area (Å²) in [6.07, 6.45) is 5.01. The van der Waals surface area contributed by atoms with E-state index in [-0.39, 0.29) is 18.0 Å². The first-order valence-corrected chi connectivity index (χ1v) is 9.03. The molecule has 2 fully saturated rings. The Hall–Kier alpha value is -1.39. The molecule has 4 nitrogen and oxygen atoms in total. The molecule has 1 saturated heterocycles. The van der Waals surface area contributed by atoms with E-state index in [0.717, 1.165) is 38.9 Å². The summed E-state index contributed by atoms with van der Waals surface area (Å²) in [6.45, 7) is 4.68. The number of benzene rings is 1. The summed E-state index contributed by atoms with van der Waals surface area (Å²) in [5, 5.41) is 3.43. The number of hydrogen-bond acceptors (Lipinski definition) is 3. The van der Waals surface area contributed by atoms with Gasteiger partial charge in [0.15, 0.2) is 0 Å². The zero-order valence-corrected chi connectivity index (χ0v) is 14.1. The molecule has 1 heterocycles. The molecule has 1 unspecified atom stereocenters. The second kappa shape index (κ2) is 7.45. The van der Waals surface area contributed by atoms with Crippen LogP contribution in [0.25, 0.3) is 0 Å². The Balaban J connectivity index is 1.71. The van der Waals surface area contributed by atoms with Gasteiger partial charge in [0.05, 0.1) is 6.04 Å². The molecule has 1 aromatic rings. The molecular formula is C19H29N3O. The number of nitrogens with zero attached hydrogens (tertiary/aromatic N) is 1. The number of amides is 1. The maximum absolute atomic E-state index is 12.8. The molecule has 3 atom stereocenters. The van der Waals surface area contributed by atoms with Crippen molar-refractivity contribution in [3.05, 3.63) is 35.4 Å². The fraction of sp³-hybridized carbons (Fsp3) is 0.632. The van der Waals surface area contributed by atoms with Crippen LogP contribution in [0.2, 0.25) is 0 Å². The molecule has 4 heteroatoms. The van der Waals surface area contributed by atoms with Crippen molar-refractivity contribution >= 4 is 5.91 Å². The van der Waals surface area contributed by atoms with Gasteiger partial charge >= 0.3 is 0 Å². The van der Waals surface area contributed by atoms with Crippen LogP contribution in [0.5, 0.6) is 0 Å². The molecule has 0 radical (unpaired) electrons. The zero-order valence-electron chi connectivity index (χ0n) is 14.1. The van der Waals surface area contributed by atoms with E-state index in [1.54, 1.807) is 0 Å². The van der Waals surface area contributed by atoms with Crippen LogP contribution in [0.15, 0.2) is 24.3 Å². The van der Waals surface area contributed by atoms with Gasteiger partial charge < -0.3 is 16.0 Å². The van der Waals surface area contributed by atoms with Crippen LogP contribution in [0.4, 0.5) is 0 Å². The van der Waals surface area contributed by atoms with Crippen LogP contribution in [-0.2, 0) is 11.2 Å². The Labute approximate surface area is 139 Å². The van der Waals surface area contributed by atoms with Crippen LogP contribution < -0.4 is 11.1 Å². The van der Waals surface area contributed by atoms with Gasteiger partial charge in [-0.05, 0) is 36.3 Å². The average Bonchev–Trinajstić information content (AvgIpc) is 3.00. The van der Waals surface area contributed by atoms with Crippen LogP contribution in [-0.4, -0.2) is 36.5 Å². The molecule has 1 saturated carbocycles. The van der Waals surface area contributed by atoms with E-state index < -0.39 is 0 Å². The van der Waals surface area contributed by atoms with Gasteiger partial charge in [-0.15, -0.1) is 0 Å². The molecule has 3 rings (SSSR count). The highest BCUT2D eigenvalue weighted by Gasteiger charge is 2.32. The fourth-order valence-electron chi connectivity index (χ4n) is 3.94. The third kappa shape index (κ3) is 3.75. The summed E-state index contributed by atoms with van der Waals surface area (Å²) in [7, 11) is 0. The van der Waals surface area contributed by atoms with Gasteiger partial charge in [0, 0.05) is 32.1 Å². The summed E-state index contributed by atoms with van der Waals surface area (Å²) in [5.41, 5.74) is 8.73. The predicted molar refractivity (Wildman–Crippen MR) is 93.1 cm³/mol. The van der Waals surface area contributed by atoms with Crippen LogP contribution in [0, 0.1) is 5.92 Å². The molecule has 126 valence electrons. The Kier molecular flexibility index (Phi) is 5.34. The number of rotatable bonds is 4. The SMILES string of the molecule is CCc1ccc(C2CNCCN2C(=O)C[C@@H]2CCC[C@H]2N)cc1. The molecule has 1 aliphatic carbocycles. The Morgan fingerprint density at radius 3 is 2.74 bits per heavy atom. The number of carbonyl (C=O) groups is 1. The summed E-state index contributed by atoms with van der Waals surface area (Å²) >= 11 is 0. The van der Waals surface area contributed by atoms with Crippen molar-refractivity contribution in [2.45, 2.75) is 51.1 Å². The summed E-state index contributed by atoms with van der Waals surface area (Å²) < 4.78 is 0. The predicted octanol–water partition coefficient (Wildman–Crippen LogP) is 2.24. The highest BCUT2D eigenvalue weighted by Crippen LogP contribution is 2.30. The lowest BCUT2D eigenvalue weighted by molar-refractivity contribution is -0.135. The molecule has 0 bridgehead atoms. The molecular weight excluding hydrogens is 286 g/mol. The van der Waals surface area contributed by atoms with E-state index in [4.69, 9.17) is 5.73 Å². The Morgan fingerprint density at radius 2 is 2.09 bits per heavy atom. The lowest BCUT2D eigenvalue weighted by Crippen LogP contribution is -2.49. The van der Waals surface area contributed by atoms with E-state index in [1.807, 2.05) is 0 Å². The zero-order chi connectivity index (χ0) is 16.2. The molecule has 23 heavy (non-hydrogen) atoms. The first kappa shape index (κ1) is 16.5. The third-order valence-corrected chi connectivity index (χ3v) is 5.49. The highest BCUT2D eigenvalue weighted by molar-refractivity contribution is 5.77. The molecule has 1 aromatic carbocycles. The maximum atomic E-state index is 12.8. The quantitative estimate of drug-likeness (QED) is 0.896. The van der Waals surface area contributed by atoms with E-state index in [0.29, 0.717) is 12.3 Å². The topological polar surface area (TPSA) is 58.4 Å². The number of piperazine rings is 1. The van der Waals surface area contributed by atoms with Gasteiger partial charge in [0.25, 0.3) is 0 Å². The van der Waals surface area contributed by atoms with Crippen molar-refractivity contribution in [3.63, 3.8) is 0 Å². The van der Waals surface area contributed by atoms with Gasteiger partial charge in [0.1, 0.15) is 0 Å². The summed E-state index contributed by atoms with van der Waals surface area (Å²) in [5.74, 6) is 0.652. The largest absolute Gasteiger partial charge is 0.333 e. The van der Waals surface area contributed by atoms with E-state index >= 15 is 0 Å². The van der Waals surface area contributed by atoms with E-state index in [9.17, 15) is 4.79 Å². The van der Waals surface area contributed by atoms with Crippen molar-refractivity contribution < 1.29 is 4.79 Å². The van der Waals surface area contributed by atoms with Crippen molar-refractivity contribution in [2.24, 2.45) is 11.7 Å². The lowest BCUT2D eigenvalue weighted by atomic mass is 9.96. The normalized spacial score (nSPS) is 28.1. The summed E-state index contributed by atoms with van der Waals surface area (Å²) in [6, 6.07) is 9.08. The smallest absolute Gasteiger partial charge is 0.223 e. The fourth-order valence-corrected chi connectivity index (χ4v) is 3.94. The number of carbonyl (C=O) groups excluding carboxylic acids is 1. The van der Waals surface area contributed by atoms with E-state index in [1.165, 1.54) is 17.5 Å². The molecule has 3 N–H and O–H groups in total. The highest BCUT2D eigenvalue weighted by atomic mass is 16.2. The number of nitrogens with one attached hydrogen (secondary N) is 1. The third-order valence-electron chi connectivity index (χ3n) is 5.49. The molecule has 1 aliphatic heterocycles. The second-order valence-electron chi connectivity index (χ2n) is 6.96. The van der Waals surface area contributed by atoms with Crippen LogP contribution in [0.3, 0.4) is 0 Å². The van der Waals surface area contributed by atoms with Crippen LogP contribution in [0.1, 0.15) is 49.8 Å². The van der Waals surface area contributed by atoms with Gasteiger partial charge in [-0.25, -0.2) is 0 Å². The number of aryl methyl sites for hydroxylation is 1. The molecule has 1 amide bonds. The van der Waals surface area contributed by atoms with Crippen LogP contribution >= 0.6 is 0 Å². The maximum Gasteiger partial charge on any atom is 0.223 e. The standard InChI is InChI=1S/C19H29N3O/c1-2-14-6-8-15(9-7-14)18-13-21-10-11-22(18)19(23)12-16-4-3-5-17(16)20/h6-9,16-18,21H,2-5,10-13,20H2,1H3/t16-,17+,18?/m0/s1. The minimum absolute atomic E-state index is 0.153. The molecule has 0 spiro atoms. The van der Waals surface area contributed by atoms with Gasteiger partial charge in [-0.3, -0.25) is 4.79 Å². The first-order valence-electron chi connectivity index (χ1n) is 9.03. The lowest BCUT2D eigenvalue weighted by Gasteiger charge is -2.37. The van der Waals surface area contributed by atoms with Crippen molar-refractivity contribution in [1.82, 2.24) is 10.2 Å². The van der Waals surface area contributed by atoms with Gasteiger partial charge in [-0.2, -0.15) is 0 Å². The van der Waals surface area contributed by atoms with Crippen molar-refractivity contribution in [3.8, 4) is 0 Å².